The predicted octanol–water partition coefficient (Wildman–Crippen LogP) is -0.0831. The molecule has 149 valence electrons. The number of para-hydroxylation sites is 1. The number of anilines is 1. The molecular weight excluding hydrogens is 388 g/mol. The van der Waals surface area contributed by atoms with E-state index in [-0.39, 0.29) is 18.9 Å². The second-order valence-electron chi connectivity index (χ2n) is 8.07. The second-order valence-corrected chi connectivity index (χ2v) is 8.93. The van der Waals surface area contributed by atoms with Gasteiger partial charge in [-0.15, -0.1) is 0 Å². The molecule has 8 nitrogen and oxygen atoms in total. The minimum absolute atomic E-state index is 0.0612. The molecule has 2 fully saturated rings. The van der Waals surface area contributed by atoms with Crippen LogP contribution in [0.5, 0.6) is 0 Å². The molecule has 0 unspecified atom stereocenters. The summed E-state index contributed by atoms with van der Waals surface area (Å²) >= 11 is 0. The van der Waals surface area contributed by atoms with Crippen molar-refractivity contribution in [3.05, 3.63) is 29.8 Å². The highest BCUT2D eigenvalue weighted by Gasteiger charge is 2.56. The van der Waals surface area contributed by atoms with Crippen molar-refractivity contribution in [2.75, 3.05) is 11.9 Å². The molecule has 4 rings (SSSR count). The van der Waals surface area contributed by atoms with E-state index in [4.69, 9.17) is 0 Å². The van der Waals surface area contributed by atoms with Crippen LogP contribution >= 0.6 is 0 Å². The lowest BCUT2D eigenvalue weighted by molar-refractivity contribution is -0.136. The highest BCUT2D eigenvalue weighted by molar-refractivity contribution is 6.15. The van der Waals surface area contributed by atoms with Crippen molar-refractivity contribution in [1.29, 1.82) is 5.26 Å². The van der Waals surface area contributed by atoms with Crippen molar-refractivity contribution in [2.24, 2.45) is 0 Å². The first kappa shape index (κ1) is 19.6. The summed E-state index contributed by atoms with van der Waals surface area (Å²) in [5, 5.41) is 24.1. The van der Waals surface area contributed by atoms with E-state index < -0.39 is 41.0 Å². The van der Waals surface area contributed by atoms with Crippen LogP contribution in [0.2, 0.25) is 0 Å². The van der Waals surface area contributed by atoms with Gasteiger partial charge in [-0.05, 0) is 30.9 Å². The number of aliphatic hydroxyl groups is 1. The van der Waals surface area contributed by atoms with Crippen molar-refractivity contribution < 1.29 is 19.5 Å². The number of nitriles is 1. The van der Waals surface area contributed by atoms with Crippen LogP contribution in [-0.4, -0.2) is 61.8 Å². The largest absolute Gasteiger partial charge is 0.392 e. The van der Waals surface area contributed by atoms with Gasteiger partial charge in [-0.1, -0.05) is 18.2 Å². The number of rotatable bonds is 3. The maximum Gasteiger partial charge on any atom is 0.237 e. The van der Waals surface area contributed by atoms with Crippen LogP contribution in [0.4, 0.5) is 5.69 Å². The average Bonchev–Trinajstić information content (AvgIpc) is 3.31. The summed E-state index contributed by atoms with van der Waals surface area (Å²) < 4.78 is 0. The number of likely N-dealkylation sites (tertiary alicyclic amines) is 1. The summed E-state index contributed by atoms with van der Waals surface area (Å²) in [7, 11) is 3.27. The zero-order valence-electron chi connectivity index (χ0n) is 15.8. The Kier molecular flexibility index (Phi) is 4.71. The van der Waals surface area contributed by atoms with Gasteiger partial charge in [0, 0.05) is 18.7 Å². The number of carbonyl (C=O) groups excluding carboxylic acids is 3. The number of hydrogen-bond acceptors (Lipinski definition) is 5. The normalized spacial score (nSPS) is 32.7. The minimum Gasteiger partial charge on any atom is -0.392 e. The molecule has 2 aliphatic heterocycles. The van der Waals surface area contributed by atoms with Crippen LogP contribution in [0.15, 0.2) is 24.3 Å². The molecule has 0 aromatic heterocycles. The SMILES string of the molecule is N#C[C@@H]1C[C@@]2(CN1C(=O)CC(=O)N[C@@H]1CCC[C@@]1(O)[Si])C(=O)Nc1ccccc12. The van der Waals surface area contributed by atoms with Crippen molar-refractivity contribution in [2.45, 2.75) is 54.8 Å². The van der Waals surface area contributed by atoms with Crippen LogP contribution in [0.3, 0.4) is 0 Å². The van der Waals surface area contributed by atoms with Gasteiger partial charge in [0.15, 0.2) is 0 Å². The van der Waals surface area contributed by atoms with Crippen LogP contribution in [0, 0.1) is 11.3 Å². The van der Waals surface area contributed by atoms with Gasteiger partial charge in [-0.3, -0.25) is 14.4 Å². The third kappa shape index (κ3) is 3.22. The van der Waals surface area contributed by atoms with Crippen LogP contribution in [-0.2, 0) is 19.8 Å². The number of fused-ring (bicyclic) bond motifs is 2. The van der Waals surface area contributed by atoms with E-state index in [9.17, 15) is 24.8 Å². The number of carbonyl (C=O) groups is 3. The molecule has 1 aromatic carbocycles. The smallest absolute Gasteiger partial charge is 0.237 e. The first-order chi connectivity index (χ1) is 13.8. The monoisotopic (exact) mass is 409 g/mol. The summed E-state index contributed by atoms with van der Waals surface area (Å²) in [5.74, 6) is -1.24. The molecule has 3 amide bonds. The van der Waals surface area contributed by atoms with Gasteiger partial charge in [0.1, 0.15) is 12.5 Å². The van der Waals surface area contributed by atoms with Gasteiger partial charge < -0.3 is 20.6 Å². The topological polar surface area (TPSA) is 123 Å². The molecule has 1 spiro atoms. The molecule has 2 heterocycles. The maximum atomic E-state index is 12.8. The fourth-order valence-corrected chi connectivity index (χ4v) is 5.07. The summed E-state index contributed by atoms with van der Waals surface area (Å²) in [4.78, 5) is 39.3. The second kappa shape index (κ2) is 6.97. The van der Waals surface area contributed by atoms with Gasteiger partial charge in [0.05, 0.1) is 33.0 Å². The van der Waals surface area contributed by atoms with Crippen molar-refractivity contribution in [1.82, 2.24) is 10.2 Å². The molecule has 3 radical (unpaired) electrons. The predicted molar refractivity (Wildman–Crippen MR) is 104 cm³/mol. The summed E-state index contributed by atoms with van der Waals surface area (Å²) in [6, 6.07) is 8.11. The zero-order chi connectivity index (χ0) is 20.8. The lowest BCUT2D eigenvalue weighted by atomic mass is 9.80. The molecule has 9 heteroatoms. The number of benzene rings is 1. The summed E-state index contributed by atoms with van der Waals surface area (Å²) in [6.45, 7) is 0.0612. The van der Waals surface area contributed by atoms with E-state index in [0.29, 0.717) is 18.5 Å². The lowest BCUT2D eigenvalue weighted by Crippen LogP contribution is -2.50. The summed E-state index contributed by atoms with van der Waals surface area (Å²) in [5.41, 5.74) is 0.503. The van der Waals surface area contributed by atoms with Crippen LogP contribution < -0.4 is 10.6 Å². The van der Waals surface area contributed by atoms with Gasteiger partial charge in [0.2, 0.25) is 17.7 Å². The molecule has 0 bridgehead atoms. The zero-order valence-corrected chi connectivity index (χ0v) is 16.8. The highest BCUT2D eigenvalue weighted by atomic mass is 28.1. The standard InChI is InChI=1S/C20H21N4O4Si/c21-10-12-9-19(13-4-1-2-5-14(13)22-18(19)27)11-24(12)17(26)8-16(25)23-15-6-3-7-20(15,28)29/h1-2,4-5,12,15,28H,3,6-9,11H2,(H,22,27)(H,23,25)/t12-,15+,19-,20+/m0/s1. The first-order valence-electron chi connectivity index (χ1n) is 9.64. The molecule has 1 aliphatic carbocycles. The summed E-state index contributed by atoms with van der Waals surface area (Å²) in [6.07, 6.45) is 1.66. The van der Waals surface area contributed by atoms with Gasteiger partial charge in [0.25, 0.3) is 0 Å². The lowest BCUT2D eigenvalue weighted by Gasteiger charge is -2.27. The third-order valence-corrected chi connectivity index (χ3v) is 6.83. The molecule has 29 heavy (non-hydrogen) atoms. The molecule has 1 saturated carbocycles. The van der Waals surface area contributed by atoms with E-state index in [2.05, 4.69) is 26.9 Å². The van der Waals surface area contributed by atoms with Crippen LogP contribution in [0.25, 0.3) is 0 Å². The third-order valence-electron chi connectivity index (χ3n) is 6.23. The Balaban J connectivity index is 1.49. The molecule has 1 saturated heterocycles. The van der Waals surface area contributed by atoms with Crippen molar-refractivity contribution >= 4 is 33.7 Å². The first-order valence-corrected chi connectivity index (χ1v) is 10.1. The fraction of sp³-hybridized carbons (Fsp3) is 0.500. The quantitative estimate of drug-likeness (QED) is 0.476. The van der Waals surface area contributed by atoms with E-state index in [1.165, 1.54) is 4.90 Å². The maximum absolute atomic E-state index is 12.8. The number of amides is 3. The van der Waals surface area contributed by atoms with E-state index >= 15 is 0 Å². The molecule has 4 atom stereocenters. The average molecular weight is 409 g/mol. The molecule has 1 aromatic rings. The van der Waals surface area contributed by atoms with Crippen molar-refractivity contribution in [3.8, 4) is 6.07 Å². The van der Waals surface area contributed by atoms with E-state index in [0.717, 1.165) is 12.0 Å². The minimum atomic E-state index is -1.17. The fourth-order valence-electron chi connectivity index (χ4n) is 4.68. The van der Waals surface area contributed by atoms with E-state index in [1.54, 1.807) is 6.07 Å². The number of hydrogen-bond donors (Lipinski definition) is 3. The molecular formula is C20H21N4O4Si. The van der Waals surface area contributed by atoms with Crippen molar-refractivity contribution in [3.63, 3.8) is 0 Å². The van der Waals surface area contributed by atoms with Gasteiger partial charge >= 0.3 is 0 Å². The highest BCUT2D eigenvalue weighted by Crippen LogP contribution is 2.46. The van der Waals surface area contributed by atoms with E-state index in [1.807, 2.05) is 18.2 Å². The Bertz CT molecular complexity index is 927. The Labute approximate surface area is 171 Å². The van der Waals surface area contributed by atoms with Crippen LogP contribution in [0.1, 0.15) is 37.7 Å². The Hall–Kier alpha value is -2.70. The molecule has 3 N–H and O–H groups in total. The Morgan fingerprint density at radius 2 is 2.17 bits per heavy atom. The number of nitrogens with zero attached hydrogens (tertiary/aromatic N) is 2. The van der Waals surface area contributed by atoms with Gasteiger partial charge in [-0.25, -0.2) is 0 Å². The Morgan fingerprint density at radius 1 is 1.41 bits per heavy atom. The Morgan fingerprint density at radius 3 is 2.86 bits per heavy atom. The number of nitrogens with one attached hydrogen (secondary N) is 2. The van der Waals surface area contributed by atoms with Gasteiger partial charge in [-0.2, -0.15) is 5.26 Å². The molecule has 3 aliphatic rings.